The number of carbonyl (C=O) groups is 3. The van der Waals surface area contributed by atoms with Crippen LogP contribution < -0.4 is 15.5 Å². The molecule has 3 atom stereocenters. The summed E-state index contributed by atoms with van der Waals surface area (Å²) < 4.78 is 5.21. The lowest BCUT2D eigenvalue weighted by atomic mass is 10.0. The van der Waals surface area contributed by atoms with E-state index in [2.05, 4.69) is 5.32 Å². The molecule has 0 saturated carbocycles. The molecule has 0 aromatic heterocycles. The van der Waals surface area contributed by atoms with E-state index in [4.69, 9.17) is 4.74 Å². The summed E-state index contributed by atoms with van der Waals surface area (Å²) >= 11 is 1.32. The highest BCUT2D eigenvalue weighted by Crippen LogP contribution is 2.46. The fourth-order valence-electron chi connectivity index (χ4n) is 3.52. The number of nitrogens with one attached hydrogen (secondary N) is 2. The number of carbonyl (C=O) groups excluding carboxylic acids is 3. The summed E-state index contributed by atoms with van der Waals surface area (Å²) in [4.78, 5) is 39.4. The third-order valence-corrected chi connectivity index (χ3v) is 6.60. The molecule has 0 aliphatic carbocycles. The lowest BCUT2D eigenvalue weighted by molar-refractivity contribution is -0.144. The molecule has 1 saturated heterocycles. The average Bonchev–Trinajstić information content (AvgIpc) is 3.13. The lowest BCUT2D eigenvalue weighted by Crippen LogP contribution is -2.50. The summed E-state index contributed by atoms with van der Waals surface area (Å²) in [5, 5.41) is 10.8. The number of hydrogen-bond acceptors (Lipinski definition) is 6. The van der Waals surface area contributed by atoms with Crippen molar-refractivity contribution in [1.82, 2.24) is 15.7 Å². The molecule has 3 rings (SSSR count). The Kier molecular flexibility index (Phi) is 7.54. The summed E-state index contributed by atoms with van der Waals surface area (Å²) in [6, 6.07) is 15.5. The summed E-state index contributed by atoms with van der Waals surface area (Å²) in [5.74, 6) is -0.594. The van der Waals surface area contributed by atoms with Gasteiger partial charge in [-0.2, -0.15) is 0 Å². The number of amides is 3. The van der Waals surface area contributed by atoms with Crippen LogP contribution in [-0.4, -0.2) is 53.3 Å². The summed E-state index contributed by atoms with van der Waals surface area (Å²) in [6.07, 6.45) is 0.223. The van der Waals surface area contributed by atoms with Gasteiger partial charge in [-0.1, -0.05) is 42.5 Å². The number of methoxy groups -OCH3 is 1. The van der Waals surface area contributed by atoms with Gasteiger partial charge in [0.25, 0.3) is 5.91 Å². The van der Waals surface area contributed by atoms with Crippen molar-refractivity contribution < 1.29 is 24.3 Å². The fraction of sp³-hybridized carbons (Fsp3) is 0.318. The Morgan fingerprint density at radius 3 is 2.42 bits per heavy atom. The zero-order valence-corrected chi connectivity index (χ0v) is 18.1. The molecule has 0 radical (unpaired) electrons. The van der Waals surface area contributed by atoms with Crippen molar-refractivity contribution in [3.05, 3.63) is 65.7 Å². The molecule has 1 aliphatic heterocycles. The molecule has 1 aliphatic rings. The van der Waals surface area contributed by atoms with Gasteiger partial charge in [-0.25, -0.2) is 5.48 Å². The van der Waals surface area contributed by atoms with Crippen LogP contribution in [0.2, 0.25) is 0 Å². The molecule has 2 aromatic rings. The maximum absolute atomic E-state index is 13.4. The predicted octanol–water partition coefficient (Wildman–Crippen LogP) is 1.89. The number of ether oxygens (including phenoxy) is 1. The van der Waals surface area contributed by atoms with E-state index in [9.17, 15) is 19.6 Å². The summed E-state index contributed by atoms with van der Waals surface area (Å²) in [5.41, 5.74) is 3.34. The Bertz CT molecular complexity index is 923. The Hall–Kier alpha value is -3.04. The molecule has 3 N–H and O–H groups in total. The van der Waals surface area contributed by atoms with Crippen molar-refractivity contribution in [1.29, 1.82) is 0 Å². The highest BCUT2D eigenvalue weighted by molar-refractivity contribution is 8.01. The smallest absolute Gasteiger partial charge is 0.266 e. The van der Waals surface area contributed by atoms with Crippen molar-refractivity contribution >= 4 is 29.5 Å². The summed E-state index contributed by atoms with van der Waals surface area (Å²) in [6.45, 7) is 0. The molecule has 9 heteroatoms. The molecule has 3 amide bonds. The SMILES string of the molecule is CNC(=O)CC1SC(c2ccc(OC)cc2)N([C@@H](Cc2ccccc2)C(=O)NO)C1=O. The highest BCUT2D eigenvalue weighted by Gasteiger charge is 2.47. The van der Waals surface area contributed by atoms with Gasteiger partial charge in [0.1, 0.15) is 17.2 Å². The third-order valence-electron chi connectivity index (χ3n) is 5.15. The highest BCUT2D eigenvalue weighted by atomic mass is 32.2. The van der Waals surface area contributed by atoms with Crippen LogP contribution in [0.1, 0.15) is 22.9 Å². The molecule has 8 nitrogen and oxygen atoms in total. The van der Waals surface area contributed by atoms with Crippen molar-refractivity contribution in [3.63, 3.8) is 0 Å². The van der Waals surface area contributed by atoms with Crippen LogP contribution in [0.4, 0.5) is 0 Å². The van der Waals surface area contributed by atoms with E-state index < -0.39 is 22.6 Å². The molecule has 1 heterocycles. The second kappa shape index (κ2) is 10.3. The van der Waals surface area contributed by atoms with E-state index in [1.807, 2.05) is 42.5 Å². The van der Waals surface area contributed by atoms with Crippen LogP contribution in [0.5, 0.6) is 5.75 Å². The van der Waals surface area contributed by atoms with Gasteiger partial charge < -0.3 is 15.0 Å². The van der Waals surface area contributed by atoms with E-state index in [1.165, 1.54) is 23.7 Å². The standard InChI is InChI=1S/C22H25N3O5S/c1-23-19(26)13-18-21(28)25(22(31-18)15-8-10-16(30-2)11-9-15)17(20(27)24-29)12-14-6-4-3-5-7-14/h3-11,17-18,22,29H,12-13H2,1-2H3,(H,23,26)(H,24,27)/t17-,18?,22?/m0/s1. The zero-order chi connectivity index (χ0) is 22.4. The average molecular weight is 444 g/mol. The Balaban J connectivity index is 1.99. The van der Waals surface area contributed by atoms with Crippen LogP contribution in [0.3, 0.4) is 0 Å². The topological polar surface area (TPSA) is 108 Å². The zero-order valence-electron chi connectivity index (χ0n) is 17.3. The fourth-order valence-corrected chi connectivity index (χ4v) is 5.01. The second-order valence-corrected chi connectivity index (χ2v) is 8.34. The van der Waals surface area contributed by atoms with E-state index in [1.54, 1.807) is 24.7 Å². The first-order chi connectivity index (χ1) is 15.0. The van der Waals surface area contributed by atoms with Crippen LogP contribution in [0.15, 0.2) is 54.6 Å². The maximum atomic E-state index is 13.4. The Labute approximate surface area is 184 Å². The van der Waals surface area contributed by atoms with E-state index >= 15 is 0 Å². The van der Waals surface area contributed by atoms with Crippen molar-refractivity contribution in [2.45, 2.75) is 29.5 Å². The quantitative estimate of drug-likeness (QED) is 0.425. The first-order valence-corrected chi connectivity index (χ1v) is 10.7. The molecule has 0 bridgehead atoms. The van der Waals surface area contributed by atoms with Gasteiger partial charge >= 0.3 is 0 Å². The monoisotopic (exact) mass is 443 g/mol. The molecule has 2 unspecified atom stereocenters. The normalized spacial score (nSPS) is 19.1. The van der Waals surface area contributed by atoms with Gasteiger partial charge in [-0.3, -0.25) is 19.6 Å². The molecule has 164 valence electrons. The Morgan fingerprint density at radius 2 is 1.84 bits per heavy atom. The van der Waals surface area contributed by atoms with Gasteiger partial charge in [0, 0.05) is 19.9 Å². The van der Waals surface area contributed by atoms with Crippen LogP contribution in [0.25, 0.3) is 0 Å². The molecule has 31 heavy (non-hydrogen) atoms. The van der Waals surface area contributed by atoms with Gasteiger partial charge in [0.05, 0.1) is 12.4 Å². The van der Waals surface area contributed by atoms with Crippen molar-refractivity contribution in [3.8, 4) is 5.75 Å². The second-order valence-electron chi connectivity index (χ2n) is 7.05. The van der Waals surface area contributed by atoms with Gasteiger partial charge in [0.15, 0.2) is 0 Å². The number of hydrogen-bond donors (Lipinski definition) is 3. The van der Waals surface area contributed by atoms with Crippen LogP contribution >= 0.6 is 11.8 Å². The Morgan fingerprint density at radius 1 is 1.16 bits per heavy atom. The van der Waals surface area contributed by atoms with Crippen molar-refractivity contribution in [2.24, 2.45) is 0 Å². The van der Waals surface area contributed by atoms with Crippen LogP contribution in [-0.2, 0) is 20.8 Å². The molecular weight excluding hydrogens is 418 g/mol. The maximum Gasteiger partial charge on any atom is 0.266 e. The molecule has 2 aromatic carbocycles. The molecular formula is C22H25N3O5S. The third kappa shape index (κ3) is 5.18. The molecule has 1 fully saturated rings. The number of thioether (sulfide) groups is 1. The number of hydroxylamine groups is 1. The molecule has 0 spiro atoms. The van der Waals surface area contributed by atoms with Gasteiger partial charge in [0.2, 0.25) is 11.8 Å². The largest absolute Gasteiger partial charge is 0.497 e. The number of benzene rings is 2. The lowest BCUT2D eigenvalue weighted by Gasteiger charge is -2.31. The van der Waals surface area contributed by atoms with Crippen molar-refractivity contribution in [2.75, 3.05) is 14.2 Å². The summed E-state index contributed by atoms with van der Waals surface area (Å²) in [7, 11) is 3.08. The van der Waals surface area contributed by atoms with E-state index in [0.717, 1.165) is 11.1 Å². The number of rotatable bonds is 8. The minimum absolute atomic E-state index is 0.00194. The number of nitrogens with zero attached hydrogens (tertiary/aromatic N) is 1. The predicted molar refractivity (Wildman–Crippen MR) is 117 cm³/mol. The minimum atomic E-state index is -0.950. The van der Waals surface area contributed by atoms with Gasteiger partial charge in [-0.05, 0) is 23.3 Å². The van der Waals surface area contributed by atoms with Crippen LogP contribution in [0, 0.1) is 0 Å². The first-order valence-electron chi connectivity index (χ1n) is 9.78. The van der Waals surface area contributed by atoms with E-state index in [0.29, 0.717) is 5.75 Å². The minimum Gasteiger partial charge on any atom is -0.497 e. The first kappa shape index (κ1) is 22.6. The van der Waals surface area contributed by atoms with E-state index in [-0.39, 0.29) is 24.7 Å². The van der Waals surface area contributed by atoms with Gasteiger partial charge in [-0.15, -0.1) is 11.8 Å².